The molecule has 1 aromatic rings. The molecule has 10 N–H and O–H groups in total. The van der Waals surface area contributed by atoms with Crippen LogP contribution in [0.25, 0.3) is 0 Å². The maximum absolute atomic E-state index is 13.0. The molecule has 3 heterocycles. The highest BCUT2D eigenvalue weighted by molar-refractivity contribution is 5.97. The fourth-order valence-corrected chi connectivity index (χ4v) is 6.02. The van der Waals surface area contributed by atoms with Crippen molar-refractivity contribution in [1.29, 1.82) is 10.8 Å². The van der Waals surface area contributed by atoms with Crippen LogP contribution in [0.15, 0.2) is 18.3 Å². The molecule has 0 aromatic carbocycles. The summed E-state index contributed by atoms with van der Waals surface area (Å²) in [7, 11) is 0. The van der Waals surface area contributed by atoms with Crippen molar-refractivity contribution in [1.82, 2.24) is 36.1 Å². The zero-order chi connectivity index (χ0) is 31.4. The first-order chi connectivity index (χ1) is 21.0. The molecule has 238 valence electrons. The number of nitrogens with one attached hydrogen (secondary N) is 6. The van der Waals surface area contributed by atoms with Gasteiger partial charge in [-0.2, -0.15) is 0 Å². The van der Waals surface area contributed by atoms with E-state index in [2.05, 4.69) is 36.1 Å². The van der Waals surface area contributed by atoms with Crippen LogP contribution >= 0.6 is 0 Å². The molecule has 44 heavy (non-hydrogen) atoms. The van der Waals surface area contributed by atoms with E-state index in [0.717, 1.165) is 38.8 Å². The Morgan fingerprint density at radius 1 is 0.773 bits per heavy atom. The van der Waals surface area contributed by atoms with E-state index in [-0.39, 0.29) is 66.2 Å². The van der Waals surface area contributed by atoms with Gasteiger partial charge in [-0.15, -0.1) is 0 Å². The Bertz CT molecular complexity index is 1180. The minimum absolute atomic E-state index is 0.00821. The molecule has 0 radical (unpaired) electrons. The fourth-order valence-electron chi connectivity index (χ4n) is 6.02. The van der Waals surface area contributed by atoms with Gasteiger partial charge in [0.15, 0.2) is 0 Å². The molecular formula is C29H43N11O4. The van der Waals surface area contributed by atoms with E-state index < -0.39 is 12.1 Å². The number of nitrogens with two attached hydrogens (primary N) is 2. The minimum Gasteiger partial charge on any atom is -0.386 e. The Morgan fingerprint density at radius 2 is 1.25 bits per heavy atom. The lowest BCUT2D eigenvalue weighted by molar-refractivity contribution is -0.126. The highest BCUT2D eigenvalue weighted by Crippen LogP contribution is 2.33. The van der Waals surface area contributed by atoms with E-state index >= 15 is 0 Å². The summed E-state index contributed by atoms with van der Waals surface area (Å²) in [5.74, 6) is -0.224. The van der Waals surface area contributed by atoms with Gasteiger partial charge in [0.25, 0.3) is 11.8 Å². The number of amidine groups is 2. The molecule has 4 fully saturated rings. The van der Waals surface area contributed by atoms with Crippen LogP contribution in [0.2, 0.25) is 0 Å². The summed E-state index contributed by atoms with van der Waals surface area (Å²) in [5, 5.41) is 26.1. The van der Waals surface area contributed by atoms with Crippen LogP contribution in [0.4, 0.5) is 0 Å². The number of pyridine rings is 1. The first-order valence-corrected chi connectivity index (χ1v) is 15.3. The van der Waals surface area contributed by atoms with Crippen molar-refractivity contribution in [2.45, 2.75) is 62.7 Å². The number of rotatable bonds is 14. The summed E-state index contributed by atoms with van der Waals surface area (Å²) in [5.41, 5.74) is 11.3. The molecule has 0 bridgehead atoms. The van der Waals surface area contributed by atoms with Crippen LogP contribution < -0.4 is 32.7 Å². The van der Waals surface area contributed by atoms with Crippen molar-refractivity contribution in [3.63, 3.8) is 0 Å². The lowest BCUT2D eigenvalue weighted by Gasteiger charge is -2.23. The van der Waals surface area contributed by atoms with Crippen LogP contribution in [0.3, 0.4) is 0 Å². The van der Waals surface area contributed by atoms with Crippen LogP contribution in [0.1, 0.15) is 59.4 Å². The van der Waals surface area contributed by atoms with E-state index in [1.54, 1.807) is 6.07 Å². The van der Waals surface area contributed by atoms with Crippen molar-refractivity contribution in [3.8, 4) is 0 Å². The van der Waals surface area contributed by atoms with Gasteiger partial charge in [0.2, 0.25) is 11.8 Å². The molecule has 2 aliphatic carbocycles. The zero-order valence-corrected chi connectivity index (χ0v) is 24.8. The molecule has 2 saturated carbocycles. The Kier molecular flexibility index (Phi) is 9.74. The molecule has 4 amide bonds. The predicted octanol–water partition coefficient (Wildman–Crippen LogP) is -1.65. The van der Waals surface area contributed by atoms with Gasteiger partial charge in [-0.25, -0.2) is 0 Å². The molecule has 2 aliphatic heterocycles. The van der Waals surface area contributed by atoms with Gasteiger partial charge in [0, 0.05) is 44.5 Å². The van der Waals surface area contributed by atoms with Crippen LogP contribution in [0.5, 0.6) is 0 Å². The molecular weight excluding hydrogens is 566 g/mol. The van der Waals surface area contributed by atoms with E-state index in [9.17, 15) is 19.2 Å². The number of nitrogens with zero attached hydrogens (tertiary/aromatic N) is 3. The Labute approximate surface area is 256 Å². The summed E-state index contributed by atoms with van der Waals surface area (Å²) in [6, 6.07) is 1.76. The predicted molar refractivity (Wildman–Crippen MR) is 162 cm³/mol. The van der Waals surface area contributed by atoms with Crippen LogP contribution in [0, 0.1) is 22.7 Å². The zero-order valence-electron chi connectivity index (χ0n) is 24.8. The third-order valence-electron chi connectivity index (χ3n) is 8.63. The monoisotopic (exact) mass is 609 g/mol. The molecule has 0 spiro atoms. The third kappa shape index (κ3) is 8.50. The number of aromatic nitrogens is 1. The second kappa shape index (κ2) is 13.7. The van der Waals surface area contributed by atoms with Gasteiger partial charge < -0.3 is 32.7 Å². The summed E-state index contributed by atoms with van der Waals surface area (Å²) < 4.78 is 0. The molecule has 5 rings (SSSR count). The van der Waals surface area contributed by atoms with Crippen molar-refractivity contribution in [2.24, 2.45) is 23.3 Å². The Balaban J connectivity index is 1.13. The Morgan fingerprint density at radius 3 is 1.66 bits per heavy atom. The fraction of sp³-hybridized carbons (Fsp3) is 0.621. The van der Waals surface area contributed by atoms with E-state index in [4.69, 9.17) is 22.3 Å². The van der Waals surface area contributed by atoms with Gasteiger partial charge in [0.05, 0.1) is 30.7 Å². The van der Waals surface area contributed by atoms with Crippen LogP contribution in [-0.2, 0) is 9.59 Å². The molecule has 15 nitrogen and oxygen atoms in total. The Hall–Kier alpha value is -4.11. The molecule has 4 aliphatic rings. The summed E-state index contributed by atoms with van der Waals surface area (Å²) in [6.45, 7) is 2.64. The molecule has 15 heteroatoms. The number of hydrogen-bond donors (Lipinski definition) is 8. The topological polar surface area (TPSA) is 236 Å². The van der Waals surface area contributed by atoms with E-state index in [1.807, 2.05) is 0 Å². The first-order valence-electron chi connectivity index (χ1n) is 15.3. The van der Waals surface area contributed by atoms with Gasteiger partial charge in [0.1, 0.15) is 17.4 Å². The average Bonchev–Trinajstić information content (AvgIpc) is 3.90. The standard InChI is InChI=1S/C29H43N11O4/c30-24(31)10-35-28(43)22-7-19(14-39(22)12-16-1-2-16)37-26(41)18-5-6-21(34-9-18)27(42)38-20-8-23(29(44)36-11-25(32)33)40(15-20)13-17-3-4-17/h5-6,9,16-17,19-20,22-23H,1-4,7-8,10-15H2,(H3,30,31)(H3,32,33)(H,35,43)(H,36,44)(H,37,41)(H,38,42). The lowest BCUT2D eigenvalue weighted by Crippen LogP contribution is -2.46. The summed E-state index contributed by atoms with van der Waals surface area (Å²) in [4.78, 5) is 60.0. The lowest BCUT2D eigenvalue weighted by atomic mass is 10.1. The van der Waals surface area contributed by atoms with Crippen molar-refractivity contribution in [3.05, 3.63) is 29.6 Å². The quantitative estimate of drug-likeness (QED) is 0.0890. The summed E-state index contributed by atoms with van der Waals surface area (Å²) >= 11 is 0. The maximum Gasteiger partial charge on any atom is 0.270 e. The first kappa shape index (κ1) is 31.3. The number of likely N-dealkylation sites (tertiary alicyclic amines) is 2. The third-order valence-corrected chi connectivity index (χ3v) is 8.63. The van der Waals surface area contributed by atoms with Gasteiger partial charge in [-0.05, 0) is 62.5 Å². The normalized spacial score (nSPS) is 25.3. The van der Waals surface area contributed by atoms with Crippen LogP contribution in [-0.4, -0.2) is 114 Å². The molecule has 4 atom stereocenters. The van der Waals surface area contributed by atoms with Gasteiger partial charge in [-0.1, -0.05) is 0 Å². The molecule has 2 saturated heterocycles. The second-order valence-corrected chi connectivity index (χ2v) is 12.6. The number of carbonyl (C=O) groups is 4. The second-order valence-electron chi connectivity index (χ2n) is 12.6. The van der Waals surface area contributed by atoms with Gasteiger partial charge in [-0.3, -0.25) is 44.8 Å². The summed E-state index contributed by atoms with van der Waals surface area (Å²) in [6.07, 6.45) is 6.79. The van der Waals surface area contributed by atoms with Crippen molar-refractivity contribution >= 4 is 35.3 Å². The number of hydrogen-bond acceptors (Lipinski definition) is 9. The smallest absolute Gasteiger partial charge is 0.270 e. The molecule has 1 aromatic heterocycles. The largest absolute Gasteiger partial charge is 0.386 e. The average molecular weight is 610 g/mol. The highest BCUT2D eigenvalue weighted by Gasteiger charge is 2.41. The van der Waals surface area contributed by atoms with E-state index in [1.165, 1.54) is 12.3 Å². The highest BCUT2D eigenvalue weighted by atomic mass is 16.2. The van der Waals surface area contributed by atoms with Gasteiger partial charge >= 0.3 is 0 Å². The number of amides is 4. The molecule has 4 unspecified atom stereocenters. The SMILES string of the molecule is N=C(N)CNC(=O)C1CC(NC(=O)c2ccc(C(=O)NC3CC(C(=O)NCC(=N)N)N(CC4CC4)C3)nc2)CN1CC1CC1. The van der Waals surface area contributed by atoms with Crippen molar-refractivity contribution in [2.75, 3.05) is 39.3 Å². The van der Waals surface area contributed by atoms with Crippen molar-refractivity contribution < 1.29 is 19.2 Å². The maximum atomic E-state index is 13.0. The number of carbonyl (C=O) groups excluding carboxylic acids is 4. The minimum atomic E-state index is -0.408. The van der Waals surface area contributed by atoms with E-state index in [0.29, 0.717) is 43.3 Å².